The summed E-state index contributed by atoms with van der Waals surface area (Å²) in [7, 11) is 2.15. The van der Waals surface area contributed by atoms with Gasteiger partial charge >= 0.3 is 0 Å². The van der Waals surface area contributed by atoms with Gasteiger partial charge < -0.3 is 15.1 Å². The molecule has 0 saturated carbocycles. The van der Waals surface area contributed by atoms with Crippen LogP contribution in [0.25, 0.3) is 0 Å². The van der Waals surface area contributed by atoms with Gasteiger partial charge in [-0.3, -0.25) is 4.98 Å². The molecule has 1 N–H and O–H groups in total. The first-order valence-corrected chi connectivity index (χ1v) is 8.57. The van der Waals surface area contributed by atoms with Crippen LogP contribution in [0.3, 0.4) is 0 Å². The number of halogens is 2. The van der Waals surface area contributed by atoms with E-state index in [1.807, 2.05) is 6.92 Å². The normalized spacial score (nSPS) is 16.9. The molecule has 0 aliphatic carbocycles. The zero-order chi connectivity index (χ0) is 17.8. The number of alkyl halides is 2. The van der Waals surface area contributed by atoms with Gasteiger partial charge in [-0.15, -0.1) is 0 Å². The molecule has 1 aliphatic rings. The third-order valence-electron chi connectivity index (χ3n) is 4.65. The molecule has 2 heterocycles. The lowest BCUT2D eigenvalue weighted by Crippen LogP contribution is -2.44. The second kappa shape index (κ2) is 7.78. The fourth-order valence-electron chi connectivity index (χ4n) is 2.97. The van der Waals surface area contributed by atoms with Crippen molar-refractivity contribution in [1.82, 2.24) is 9.88 Å². The standard InChI is InChI=1S/C19H24F2N4/c1-14(15-3-8-18(19(20)21)22-13-15)23-16-4-6-17(7-5-16)25-11-9-24(2)10-12-25/h3-8,13-14,19,23H,9-12H2,1-2H3. The Hall–Kier alpha value is -2.21. The molecule has 0 radical (unpaired) electrons. The maximum atomic E-state index is 12.6. The Kier molecular flexibility index (Phi) is 5.48. The molecule has 1 atom stereocenters. The molecular formula is C19H24F2N4. The molecule has 0 spiro atoms. The summed E-state index contributed by atoms with van der Waals surface area (Å²) in [6.07, 6.45) is -1.02. The molecular weight excluding hydrogens is 322 g/mol. The van der Waals surface area contributed by atoms with Crippen molar-refractivity contribution in [2.45, 2.75) is 19.4 Å². The van der Waals surface area contributed by atoms with Gasteiger partial charge in [-0.05, 0) is 49.9 Å². The van der Waals surface area contributed by atoms with Crippen LogP contribution in [0.5, 0.6) is 0 Å². The highest BCUT2D eigenvalue weighted by Gasteiger charge is 2.14. The summed E-state index contributed by atoms with van der Waals surface area (Å²) >= 11 is 0. The Labute approximate surface area is 147 Å². The Bertz CT molecular complexity index is 665. The van der Waals surface area contributed by atoms with Crippen LogP contribution < -0.4 is 10.2 Å². The van der Waals surface area contributed by atoms with Crippen LogP contribution >= 0.6 is 0 Å². The third kappa shape index (κ3) is 4.45. The lowest BCUT2D eigenvalue weighted by Gasteiger charge is -2.34. The SMILES string of the molecule is CC(Nc1ccc(N2CCN(C)CC2)cc1)c1ccc(C(F)F)nc1. The second-order valence-electron chi connectivity index (χ2n) is 6.52. The van der Waals surface area contributed by atoms with Crippen molar-refractivity contribution in [3.05, 3.63) is 53.9 Å². The lowest BCUT2D eigenvalue weighted by molar-refractivity contribution is 0.146. The monoisotopic (exact) mass is 346 g/mol. The summed E-state index contributed by atoms with van der Waals surface area (Å²) < 4.78 is 25.1. The average molecular weight is 346 g/mol. The first-order chi connectivity index (χ1) is 12.0. The number of hydrogen-bond acceptors (Lipinski definition) is 4. The number of benzene rings is 1. The van der Waals surface area contributed by atoms with Gasteiger partial charge in [0.15, 0.2) is 0 Å². The van der Waals surface area contributed by atoms with Gasteiger partial charge in [-0.1, -0.05) is 6.07 Å². The molecule has 25 heavy (non-hydrogen) atoms. The van der Waals surface area contributed by atoms with Crippen molar-refractivity contribution in [2.24, 2.45) is 0 Å². The second-order valence-corrected chi connectivity index (χ2v) is 6.52. The molecule has 1 aromatic carbocycles. The van der Waals surface area contributed by atoms with E-state index in [4.69, 9.17) is 0 Å². The van der Waals surface area contributed by atoms with Crippen LogP contribution in [0.1, 0.15) is 30.6 Å². The Morgan fingerprint density at radius 3 is 2.24 bits per heavy atom. The number of rotatable bonds is 5. The quantitative estimate of drug-likeness (QED) is 0.888. The van der Waals surface area contributed by atoms with Crippen LogP contribution in [-0.4, -0.2) is 43.1 Å². The van der Waals surface area contributed by atoms with E-state index in [0.717, 1.165) is 37.4 Å². The Morgan fingerprint density at radius 1 is 1.00 bits per heavy atom. The lowest BCUT2D eigenvalue weighted by atomic mass is 10.1. The van der Waals surface area contributed by atoms with Gasteiger partial charge in [0.05, 0.1) is 6.04 Å². The molecule has 1 aliphatic heterocycles. The van der Waals surface area contributed by atoms with E-state index in [1.165, 1.54) is 18.0 Å². The predicted molar refractivity (Wildman–Crippen MR) is 97.4 cm³/mol. The highest BCUT2D eigenvalue weighted by molar-refractivity contribution is 5.56. The zero-order valence-corrected chi connectivity index (χ0v) is 14.6. The highest BCUT2D eigenvalue weighted by atomic mass is 19.3. The molecule has 3 rings (SSSR count). The summed E-state index contributed by atoms with van der Waals surface area (Å²) in [4.78, 5) is 8.55. The molecule has 6 heteroatoms. The number of pyridine rings is 1. The fourth-order valence-corrected chi connectivity index (χ4v) is 2.97. The minimum absolute atomic E-state index is 0.00583. The van der Waals surface area contributed by atoms with E-state index >= 15 is 0 Å². The Balaban J connectivity index is 1.60. The fraction of sp³-hybridized carbons (Fsp3) is 0.421. The third-order valence-corrected chi connectivity index (χ3v) is 4.65. The van der Waals surface area contributed by atoms with Crippen LogP contribution in [0, 0.1) is 0 Å². The van der Waals surface area contributed by atoms with E-state index in [2.05, 4.69) is 51.4 Å². The van der Waals surface area contributed by atoms with Gasteiger partial charge in [-0.2, -0.15) is 0 Å². The van der Waals surface area contributed by atoms with Gasteiger partial charge in [0.25, 0.3) is 6.43 Å². The molecule has 4 nitrogen and oxygen atoms in total. The summed E-state index contributed by atoms with van der Waals surface area (Å²) in [6.45, 7) is 6.24. The maximum Gasteiger partial charge on any atom is 0.280 e. The van der Waals surface area contributed by atoms with E-state index in [0.29, 0.717) is 0 Å². The summed E-state index contributed by atoms with van der Waals surface area (Å²) in [6, 6.07) is 11.4. The zero-order valence-electron chi connectivity index (χ0n) is 14.6. The number of aromatic nitrogens is 1. The molecule has 0 amide bonds. The van der Waals surface area contributed by atoms with Crippen molar-refractivity contribution in [3.8, 4) is 0 Å². The van der Waals surface area contributed by atoms with Crippen LogP contribution in [-0.2, 0) is 0 Å². The first-order valence-electron chi connectivity index (χ1n) is 8.57. The van der Waals surface area contributed by atoms with E-state index in [-0.39, 0.29) is 11.7 Å². The van der Waals surface area contributed by atoms with Crippen LogP contribution in [0.2, 0.25) is 0 Å². The maximum absolute atomic E-state index is 12.6. The smallest absolute Gasteiger partial charge is 0.280 e. The summed E-state index contributed by atoms with van der Waals surface area (Å²) in [5.41, 5.74) is 2.93. The summed E-state index contributed by atoms with van der Waals surface area (Å²) in [5, 5.41) is 3.39. The summed E-state index contributed by atoms with van der Waals surface area (Å²) in [5.74, 6) is 0. The van der Waals surface area contributed by atoms with Crippen molar-refractivity contribution in [1.29, 1.82) is 0 Å². The number of hydrogen-bond donors (Lipinski definition) is 1. The molecule has 1 unspecified atom stereocenters. The molecule has 0 bridgehead atoms. The molecule has 2 aromatic rings. The van der Waals surface area contributed by atoms with E-state index in [1.54, 1.807) is 6.07 Å². The number of nitrogens with one attached hydrogen (secondary N) is 1. The number of nitrogens with zero attached hydrogens (tertiary/aromatic N) is 3. The number of piperazine rings is 1. The number of likely N-dealkylation sites (N-methyl/N-ethyl adjacent to an activating group) is 1. The Morgan fingerprint density at radius 2 is 1.68 bits per heavy atom. The van der Waals surface area contributed by atoms with Crippen molar-refractivity contribution < 1.29 is 8.78 Å². The predicted octanol–water partition coefficient (Wildman–Crippen LogP) is 3.94. The van der Waals surface area contributed by atoms with Gasteiger partial charge in [-0.25, -0.2) is 8.78 Å². The van der Waals surface area contributed by atoms with Crippen molar-refractivity contribution in [2.75, 3.05) is 43.4 Å². The molecule has 134 valence electrons. The van der Waals surface area contributed by atoms with E-state index < -0.39 is 6.43 Å². The molecule has 1 aromatic heterocycles. The number of anilines is 2. The van der Waals surface area contributed by atoms with E-state index in [9.17, 15) is 8.78 Å². The van der Waals surface area contributed by atoms with Gasteiger partial charge in [0.1, 0.15) is 5.69 Å². The minimum atomic E-state index is -2.53. The van der Waals surface area contributed by atoms with Crippen LogP contribution in [0.15, 0.2) is 42.6 Å². The van der Waals surface area contributed by atoms with Crippen molar-refractivity contribution >= 4 is 11.4 Å². The molecule has 1 saturated heterocycles. The largest absolute Gasteiger partial charge is 0.378 e. The van der Waals surface area contributed by atoms with Crippen molar-refractivity contribution in [3.63, 3.8) is 0 Å². The first kappa shape index (κ1) is 17.6. The van der Waals surface area contributed by atoms with Gasteiger partial charge in [0.2, 0.25) is 0 Å². The highest BCUT2D eigenvalue weighted by Crippen LogP contribution is 2.24. The van der Waals surface area contributed by atoms with Crippen LogP contribution in [0.4, 0.5) is 20.2 Å². The minimum Gasteiger partial charge on any atom is -0.378 e. The molecule has 1 fully saturated rings. The topological polar surface area (TPSA) is 31.4 Å². The average Bonchev–Trinajstić information content (AvgIpc) is 2.63. The van der Waals surface area contributed by atoms with Gasteiger partial charge in [0, 0.05) is 43.8 Å².